The van der Waals surface area contributed by atoms with Crippen molar-refractivity contribution in [3.8, 4) is 11.5 Å². The molecule has 0 saturated carbocycles. The number of thiazole rings is 1. The standard InChI is InChI=1S/C17H13ClF2N2O4S/c1-24-13-8-10(2-4-12(13)26-16(19)20)9-25-14(23)5-3-11-15(18)21-17-22(11)6-7-27-17/h2-8,16H,9H2,1H3/b5-3+. The number of methoxy groups -OCH3 is 1. The number of ether oxygens (including phenoxy) is 3. The summed E-state index contributed by atoms with van der Waals surface area (Å²) in [4.78, 5) is 16.8. The van der Waals surface area contributed by atoms with Crippen molar-refractivity contribution in [1.82, 2.24) is 9.38 Å². The number of halogens is 3. The molecule has 27 heavy (non-hydrogen) atoms. The number of aromatic nitrogens is 2. The molecule has 0 amide bonds. The first-order valence-corrected chi connectivity index (χ1v) is 8.81. The van der Waals surface area contributed by atoms with E-state index < -0.39 is 12.6 Å². The van der Waals surface area contributed by atoms with E-state index >= 15 is 0 Å². The summed E-state index contributed by atoms with van der Waals surface area (Å²) in [6, 6.07) is 4.28. The van der Waals surface area contributed by atoms with E-state index in [1.54, 1.807) is 10.6 Å². The third kappa shape index (κ3) is 4.55. The van der Waals surface area contributed by atoms with Crippen LogP contribution in [0.25, 0.3) is 11.0 Å². The van der Waals surface area contributed by atoms with Gasteiger partial charge in [0.15, 0.2) is 21.6 Å². The predicted octanol–water partition coefficient (Wildman–Crippen LogP) is 4.42. The first kappa shape index (κ1) is 19.1. The molecule has 0 aliphatic rings. The number of benzene rings is 1. The number of carbonyl (C=O) groups is 1. The first-order valence-electron chi connectivity index (χ1n) is 7.55. The Labute approximate surface area is 161 Å². The number of imidazole rings is 1. The molecule has 0 saturated heterocycles. The number of esters is 1. The van der Waals surface area contributed by atoms with Crippen LogP contribution in [0, 0.1) is 0 Å². The normalized spacial score (nSPS) is 11.4. The van der Waals surface area contributed by atoms with Crippen LogP contribution >= 0.6 is 22.9 Å². The fourth-order valence-corrected chi connectivity index (χ4v) is 3.28. The summed E-state index contributed by atoms with van der Waals surface area (Å²) in [5.74, 6) is -0.578. The minimum absolute atomic E-state index is 0.0670. The Morgan fingerprint density at radius 3 is 2.96 bits per heavy atom. The fraction of sp³-hybridized carbons (Fsp3) is 0.176. The maximum atomic E-state index is 12.3. The topological polar surface area (TPSA) is 62.1 Å². The van der Waals surface area contributed by atoms with Crippen LogP contribution < -0.4 is 9.47 Å². The fourth-order valence-electron chi connectivity index (χ4n) is 2.27. The molecule has 0 spiro atoms. The maximum absolute atomic E-state index is 12.3. The molecule has 142 valence electrons. The third-order valence-electron chi connectivity index (χ3n) is 3.46. The second-order valence-corrected chi connectivity index (χ2v) is 6.38. The van der Waals surface area contributed by atoms with Gasteiger partial charge in [-0.15, -0.1) is 11.3 Å². The van der Waals surface area contributed by atoms with Gasteiger partial charge < -0.3 is 14.2 Å². The van der Waals surface area contributed by atoms with Crippen molar-refractivity contribution in [2.45, 2.75) is 13.2 Å². The van der Waals surface area contributed by atoms with Crippen LogP contribution in [-0.4, -0.2) is 29.1 Å². The molecule has 0 unspecified atom stereocenters. The lowest BCUT2D eigenvalue weighted by Crippen LogP contribution is -2.05. The van der Waals surface area contributed by atoms with E-state index in [4.69, 9.17) is 21.1 Å². The zero-order valence-electron chi connectivity index (χ0n) is 13.9. The van der Waals surface area contributed by atoms with E-state index in [-0.39, 0.29) is 23.3 Å². The first-order chi connectivity index (χ1) is 13.0. The minimum atomic E-state index is -2.96. The Morgan fingerprint density at radius 1 is 1.41 bits per heavy atom. The van der Waals surface area contributed by atoms with Crippen LogP contribution in [0.4, 0.5) is 8.78 Å². The SMILES string of the molecule is COc1cc(COC(=O)/C=C/c2c(Cl)nc3sccn23)ccc1OC(F)F. The number of hydrogen-bond donors (Lipinski definition) is 0. The Bertz CT molecular complexity index is 987. The Morgan fingerprint density at radius 2 is 2.22 bits per heavy atom. The van der Waals surface area contributed by atoms with Crippen molar-refractivity contribution in [2.24, 2.45) is 0 Å². The summed E-state index contributed by atoms with van der Waals surface area (Å²) in [5.41, 5.74) is 1.12. The van der Waals surface area contributed by atoms with Crippen molar-refractivity contribution >= 4 is 39.9 Å². The number of carbonyl (C=O) groups excluding carboxylic acids is 1. The van der Waals surface area contributed by atoms with Gasteiger partial charge in [-0.1, -0.05) is 17.7 Å². The van der Waals surface area contributed by atoms with Gasteiger partial charge in [-0.05, 0) is 23.8 Å². The van der Waals surface area contributed by atoms with Crippen LogP contribution in [0.1, 0.15) is 11.3 Å². The molecule has 10 heteroatoms. The molecule has 2 aromatic heterocycles. The van der Waals surface area contributed by atoms with Crippen LogP contribution in [0.2, 0.25) is 5.15 Å². The molecular formula is C17H13ClF2N2O4S. The van der Waals surface area contributed by atoms with Crippen LogP contribution in [0.3, 0.4) is 0 Å². The highest BCUT2D eigenvalue weighted by Crippen LogP contribution is 2.29. The van der Waals surface area contributed by atoms with Crippen molar-refractivity contribution in [3.63, 3.8) is 0 Å². The molecule has 0 aliphatic carbocycles. The van der Waals surface area contributed by atoms with Gasteiger partial charge in [0.05, 0.1) is 12.8 Å². The van der Waals surface area contributed by atoms with Gasteiger partial charge in [-0.3, -0.25) is 4.40 Å². The smallest absolute Gasteiger partial charge is 0.387 e. The lowest BCUT2D eigenvalue weighted by molar-refractivity contribution is -0.138. The second kappa shape index (κ2) is 8.36. The largest absolute Gasteiger partial charge is 0.493 e. The van der Waals surface area contributed by atoms with Gasteiger partial charge in [0.1, 0.15) is 6.61 Å². The van der Waals surface area contributed by atoms with Gasteiger partial charge in [0, 0.05) is 17.7 Å². The molecule has 0 fully saturated rings. The monoisotopic (exact) mass is 414 g/mol. The Kier molecular flexibility index (Phi) is 5.92. The van der Waals surface area contributed by atoms with E-state index in [0.717, 1.165) is 0 Å². The zero-order chi connectivity index (χ0) is 19.4. The number of fused-ring (bicyclic) bond motifs is 1. The molecule has 1 aromatic carbocycles. The highest BCUT2D eigenvalue weighted by atomic mass is 35.5. The quantitative estimate of drug-likeness (QED) is 0.423. The van der Waals surface area contributed by atoms with Crippen molar-refractivity contribution in [2.75, 3.05) is 7.11 Å². The van der Waals surface area contributed by atoms with Gasteiger partial charge in [-0.2, -0.15) is 8.78 Å². The predicted molar refractivity (Wildman–Crippen MR) is 96.5 cm³/mol. The lowest BCUT2D eigenvalue weighted by Gasteiger charge is -2.11. The molecule has 2 heterocycles. The van der Waals surface area contributed by atoms with E-state index in [9.17, 15) is 13.6 Å². The van der Waals surface area contributed by atoms with Crippen LogP contribution in [0.15, 0.2) is 35.9 Å². The average molecular weight is 415 g/mol. The number of hydrogen-bond acceptors (Lipinski definition) is 6. The highest BCUT2D eigenvalue weighted by Gasteiger charge is 2.12. The number of nitrogens with zero attached hydrogens (tertiary/aromatic N) is 2. The summed E-state index contributed by atoms with van der Waals surface area (Å²) in [7, 11) is 1.33. The van der Waals surface area contributed by atoms with Crippen molar-refractivity contribution in [3.05, 3.63) is 52.3 Å². The summed E-state index contributed by atoms with van der Waals surface area (Å²) >= 11 is 7.46. The van der Waals surface area contributed by atoms with Gasteiger partial charge in [-0.25, -0.2) is 9.78 Å². The third-order valence-corrected chi connectivity index (χ3v) is 4.49. The summed E-state index contributed by atoms with van der Waals surface area (Å²) in [5, 5.41) is 2.13. The molecule has 0 atom stereocenters. The maximum Gasteiger partial charge on any atom is 0.387 e. The number of rotatable bonds is 7. The van der Waals surface area contributed by atoms with E-state index in [1.165, 1.54) is 48.8 Å². The van der Waals surface area contributed by atoms with E-state index in [1.807, 2.05) is 5.38 Å². The summed E-state index contributed by atoms with van der Waals surface area (Å²) in [6.07, 6.45) is 4.54. The van der Waals surface area contributed by atoms with Crippen LogP contribution in [0.5, 0.6) is 11.5 Å². The summed E-state index contributed by atoms with van der Waals surface area (Å²) in [6.45, 7) is -3.03. The number of alkyl halides is 2. The van der Waals surface area contributed by atoms with Crippen molar-refractivity contribution in [1.29, 1.82) is 0 Å². The van der Waals surface area contributed by atoms with Gasteiger partial charge in [0.25, 0.3) is 0 Å². The van der Waals surface area contributed by atoms with E-state index in [2.05, 4.69) is 9.72 Å². The zero-order valence-corrected chi connectivity index (χ0v) is 15.5. The molecule has 0 N–H and O–H groups in total. The lowest BCUT2D eigenvalue weighted by atomic mass is 10.2. The molecule has 0 bridgehead atoms. The molecule has 6 nitrogen and oxygen atoms in total. The molecule has 3 aromatic rings. The minimum Gasteiger partial charge on any atom is -0.493 e. The molecule has 3 rings (SSSR count). The highest BCUT2D eigenvalue weighted by molar-refractivity contribution is 7.15. The Hall–Kier alpha value is -2.65. The molecule has 0 radical (unpaired) electrons. The van der Waals surface area contributed by atoms with Gasteiger partial charge >= 0.3 is 12.6 Å². The van der Waals surface area contributed by atoms with Crippen molar-refractivity contribution < 1.29 is 27.8 Å². The van der Waals surface area contributed by atoms with Crippen LogP contribution in [-0.2, 0) is 16.1 Å². The van der Waals surface area contributed by atoms with E-state index in [0.29, 0.717) is 16.2 Å². The molecule has 0 aliphatic heterocycles. The average Bonchev–Trinajstić information content (AvgIpc) is 3.19. The summed E-state index contributed by atoms with van der Waals surface area (Å²) < 4.78 is 40.9. The second-order valence-electron chi connectivity index (χ2n) is 5.15. The van der Waals surface area contributed by atoms with Gasteiger partial charge in [0.2, 0.25) is 0 Å². The Balaban J connectivity index is 1.63. The molecular weight excluding hydrogens is 402 g/mol.